The second-order valence-corrected chi connectivity index (χ2v) is 9.41. The van der Waals surface area contributed by atoms with Gasteiger partial charge in [-0.05, 0) is 42.3 Å². The van der Waals surface area contributed by atoms with Crippen LogP contribution in [0.2, 0.25) is 0 Å². The van der Waals surface area contributed by atoms with Gasteiger partial charge in [-0.15, -0.1) is 0 Å². The molecule has 182 valence electrons. The van der Waals surface area contributed by atoms with Crippen molar-refractivity contribution < 1.29 is 14.4 Å². The highest BCUT2D eigenvalue weighted by Crippen LogP contribution is 2.45. The Bertz CT molecular complexity index is 1320. The lowest BCUT2D eigenvalue weighted by atomic mass is 10.0. The van der Waals surface area contributed by atoms with Crippen LogP contribution in [0.5, 0.6) is 0 Å². The topological polar surface area (TPSA) is 77.1 Å². The molecule has 0 saturated carbocycles. The number of aromatic nitrogens is 1. The van der Waals surface area contributed by atoms with E-state index in [2.05, 4.69) is 9.88 Å². The Hall–Kier alpha value is -4.04. The molecule has 0 spiro atoms. The molecule has 1 aromatic heterocycles. The molecule has 36 heavy (non-hydrogen) atoms. The summed E-state index contributed by atoms with van der Waals surface area (Å²) in [5, 5.41) is 0. The van der Waals surface area contributed by atoms with Crippen LogP contribution in [0.25, 0.3) is 0 Å². The second kappa shape index (κ2) is 9.20. The molecule has 8 heteroatoms. The first-order valence-corrected chi connectivity index (χ1v) is 12.3. The van der Waals surface area contributed by atoms with E-state index < -0.39 is 6.17 Å². The fourth-order valence-corrected chi connectivity index (χ4v) is 5.44. The molecule has 8 nitrogen and oxygen atoms in total. The Morgan fingerprint density at radius 3 is 2.31 bits per heavy atom. The summed E-state index contributed by atoms with van der Waals surface area (Å²) in [6.07, 6.45) is 3.96. The first kappa shape index (κ1) is 22.4. The van der Waals surface area contributed by atoms with Crippen molar-refractivity contribution in [3.63, 3.8) is 0 Å². The molecular weight excluding hydrogens is 454 g/mol. The predicted octanol–water partition coefficient (Wildman–Crippen LogP) is 2.58. The first-order valence-electron chi connectivity index (χ1n) is 12.3. The zero-order chi connectivity index (χ0) is 24.6. The number of fused-ring (bicyclic) bond motifs is 5. The minimum absolute atomic E-state index is 0.0625. The average Bonchev–Trinajstić information content (AvgIpc) is 3.23. The summed E-state index contributed by atoms with van der Waals surface area (Å²) in [6, 6.07) is 18.6. The van der Waals surface area contributed by atoms with E-state index in [0.717, 1.165) is 31.6 Å². The molecule has 1 saturated heterocycles. The van der Waals surface area contributed by atoms with Gasteiger partial charge >= 0.3 is 0 Å². The molecule has 3 amide bonds. The van der Waals surface area contributed by atoms with Gasteiger partial charge in [0.25, 0.3) is 11.8 Å². The number of rotatable bonds is 5. The predicted molar refractivity (Wildman–Crippen MR) is 134 cm³/mol. The third kappa shape index (κ3) is 3.83. The van der Waals surface area contributed by atoms with Crippen LogP contribution in [0.1, 0.15) is 38.0 Å². The van der Waals surface area contributed by atoms with E-state index in [-0.39, 0.29) is 24.3 Å². The van der Waals surface area contributed by atoms with E-state index in [1.165, 1.54) is 5.56 Å². The van der Waals surface area contributed by atoms with Gasteiger partial charge in [-0.1, -0.05) is 30.3 Å². The summed E-state index contributed by atoms with van der Waals surface area (Å²) in [7, 11) is 0. The molecule has 0 aliphatic carbocycles. The van der Waals surface area contributed by atoms with Gasteiger partial charge in [-0.2, -0.15) is 0 Å². The van der Waals surface area contributed by atoms with Crippen molar-refractivity contribution in [1.82, 2.24) is 19.7 Å². The number of carbonyl (C=O) groups excluding carboxylic acids is 3. The van der Waals surface area contributed by atoms with Crippen LogP contribution in [-0.2, 0) is 11.2 Å². The van der Waals surface area contributed by atoms with Crippen LogP contribution in [0.3, 0.4) is 0 Å². The Morgan fingerprint density at radius 2 is 1.53 bits per heavy atom. The molecule has 3 aliphatic heterocycles. The second-order valence-electron chi connectivity index (χ2n) is 9.41. The van der Waals surface area contributed by atoms with Crippen molar-refractivity contribution in [1.29, 1.82) is 0 Å². The molecule has 6 rings (SSSR count). The quantitative estimate of drug-likeness (QED) is 0.560. The van der Waals surface area contributed by atoms with E-state index >= 15 is 0 Å². The van der Waals surface area contributed by atoms with Crippen LogP contribution in [-0.4, -0.2) is 76.7 Å². The maximum Gasteiger partial charge on any atom is 0.260 e. The fourth-order valence-electron chi connectivity index (χ4n) is 5.44. The summed E-state index contributed by atoms with van der Waals surface area (Å²) < 4.78 is 0. The van der Waals surface area contributed by atoms with E-state index in [9.17, 15) is 14.4 Å². The van der Waals surface area contributed by atoms with Crippen LogP contribution < -0.4 is 4.90 Å². The van der Waals surface area contributed by atoms with Gasteiger partial charge in [-0.3, -0.25) is 29.2 Å². The third-order valence-electron chi connectivity index (χ3n) is 7.38. The normalized spacial score (nSPS) is 19.2. The van der Waals surface area contributed by atoms with Crippen molar-refractivity contribution in [3.8, 4) is 0 Å². The van der Waals surface area contributed by atoms with Gasteiger partial charge in [0.15, 0.2) is 0 Å². The van der Waals surface area contributed by atoms with E-state index in [1.54, 1.807) is 34.1 Å². The summed E-state index contributed by atoms with van der Waals surface area (Å²) in [5.74, 6) is -0.454. The van der Waals surface area contributed by atoms with Crippen LogP contribution in [0, 0.1) is 0 Å². The maximum atomic E-state index is 13.6. The van der Waals surface area contributed by atoms with Crippen LogP contribution in [0.15, 0.2) is 73.1 Å². The minimum atomic E-state index is -0.610. The third-order valence-corrected chi connectivity index (χ3v) is 7.38. The van der Waals surface area contributed by atoms with Crippen molar-refractivity contribution in [3.05, 3.63) is 95.3 Å². The van der Waals surface area contributed by atoms with Crippen LogP contribution >= 0.6 is 0 Å². The van der Waals surface area contributed by atoms with Gasteiger partial charge in [0.05, 0.1) is 11.3 Å². The molecule has 0 unspecified atom stereocenters. The average molecular weight is 482 g/mol. The Balaban J connectivity index is 1.17. The van der Waals surface area contributed by atoms with Crippen molar-refractivity contribution in [2.24, 2.45) is 0 Å². The number of piperazine rings is 1. The number of para-hydroxylation sites is 1. The molecule has 1 atom stereocenters. The number of carbonyl (C=O) groups is 3. The molecular formula is C28H27N5O3. The molecule has 3 aliphatic rings. The van der Waals surface area contributed by atoms with E-state index in [1.807, 2.05) is 53.7 Å². The largest absolute Gasteiger partial charge is 0.339 e. The summed E-state index contributed by atoms with van der Waals surface area (Å²) in [5.41, 5.74) is 3.64. The molecule has 0 radical (unpaired) electrons. The number of amides is 3. The summed E-state index contributed by atoms with van der Waals surface area (Å²) in [6.45, 7) is 3.71. The zero-order valence-corrected chi connectivity index (χ0v) is 19.9. The molecule has 0 bridgehead atoms. The number of hydrogen-bond donors (Lipinski definition) is 0. The molecule has 0 N–H and O–H groups in total. The maximum absolute atomic E-state index is 13.6. The highest BCUT2D eigenvalue weighted by Gasteiger charge is 2.48. The van der Waals surface area contributed by atoms with E-state index in [0.29, 0.717) is 29.9 Å². The highest BCUT2D eigenvalue weighted by atomic mass is 16.2. The highest BCUT2D eigenvalue weighted by molar-refractivity contribution is 6.17. The smallest absolute Gasteiger partial charge is 0.260 e. The minimum Gasteiger partial charge on any atom is -0.339 e. The van der Waals surface area contributed by atoms with Gasteiger partial charge in [0.1, 0.15) is 12.7 Å². The Labute approximate surface area is 209 Å². The monoisotopic (exact) mass is 481 g/mol. The van der Waals surface area contributed by atoms with Crippen molar-refractivity contribution in [2.75, 3.05) is 44.2 Å². The van der Waals surface area contributed by atoms with Gasteiger partial charge in [0, 0.05) is 56.2 Å². The summed E-state index contributed by atoms with van der Waals surface area (Å²) >= 11 is 0. The molecule has 4 heterocycles. The summed E-state index contributed by atoms with van der Waals surface area (Å²) in [4.78, 5) is 51.8. The number of anilines is 1. The fraction of sp³-hybridized carbons (Fsp3) is 0.286. The number of benzene rings is 2. The standard InChI is InChI=1S/C28H27N5O3/c34-25(31-17-15-30(16-18-31)14-11-20-9-12-29-13-10-20)19-32-26-21-5-1-2-6-22(21)28(36)33(26)24-8-4-3-7-23(24)27(32)35/h1-10,12-13,26H,11,14-19H2/t26-/m0/s1. The molecule has 2 aromatic carbocycles. The number of hydrogen-bond acceptors (Lipinski definition) is 5. The van der Waals surface area contributed by atoms with Gasteiger partial charge < -0.3 is 9.80 Å². The lowest BCUT2D eigenvalue weighted by Crippen LogP contribution is -2.55. The van der Waals surface area contributed by atoms with Gasteiger partial charge in [-0.25, -0.2) is 0 Å². The van der Waals surface area contributed by atoms with Crippen molar-refractivity contribution in [2.45, 2.75) is 12.6 Å². The first-order chi connectivity index (χ1) is 17.6. The van der Waals surface area contributed by atoms with Crippen molar-refractivity contribution >= 4 is 23.4 Å². The van der Waals surface area contributed by atoms with Gasteiger partial charge in [0.2, 0.25) is 5.91 Å². The number of pyridine rings is 1. The molecule has 3 aromatic rings. The lowest BCUT2D eigenvalue weighted by molar-refractivity contribution is -0.134. The Kier molecular flexibility index (Phi) is 5.73. The van der Waals surface area contributed by atoms with Crippen LogP contribution in [0.4, 0.5) is 5.69 Å². The molecule has 1 fully saturated rings. The zero-order valence-electron chi connectivity index (χ0n) is 19.9. The van der Waals surface area contributed by atoms with E-state index in [4.69, 9.17) is 0 Å². The Morgan fingerprint density at radius 1 is 0.833 bits per heavy atom. The number of nitrogens with zero attached hydrogens (tertiary/aromatic N) is 5. The lowest BCUT2D eigenvalue weighted by Gasteiger charge is -2.42. The SMILES string of the molecule is O=C(CN1C(=O)c2ccccc2N2C(=O)c3ccccc3[C@@H]12)N1CCN(CCc2ccncc2)CC1.